The fourth-order valence-corrected chi connectivity index (χ4v) is 2.35. The second-order valence-corrected chi connectivity index (χ2v) is 4.90. The molecule has 0 aliphatic heterocycles. The predicted molar refractivity (Wildman–Crippen MR) is 69.8 cm³/mol. The summed E-state index contributed by atoms with van der Waals surface area (Å²) < 4.78 is 13.8. The minimum Gasteiger partial charge on any atom is -0.398 e. The number of rotatable bonds is 4. The van der Waals surface area contributed by atoms with E-state index in [0.29, 0.717) is 5.69 Å². The van der Waals surface area contributed by atoms with E-state index in [2.05, 4.69) is 12.2 Å². The molecular formula is C13H18FN3O. The summed E-state index contributed by atoms with van der Waals surface area (Å²) >= 11 is 0. The molecule has 0 spiro atoms. The average Bonchev–Trinajstić information content (AvgIpc) is 2.25. The van der Waals surface area contributed by atoms with Crippen LogP contribution in [-0.4, -0.2) is 11.4 Å². The van der Waals surface area contributed by atoms with Crippen LogP contribution in [0.1, 0.15) is 43.0 Å². The number of primary amides is 1. The molecule has 1 aromatic carbocycles. The van der Waals surface area contributed by atoms with Crippen LogP contribution >= 0.6 is 0 Å². The molecule has 0 atom stereocenters. The Morgan fingerprint density at radius 2 is 2.17 bits per heavy atom. The molecule has 0 saturated heterocycles. The van der Waals surface area contributed by atoms with Gasteiger partial charge in [0.05, 0.1) is 11.3 Å². The lowest BCUT2D eigenvalue weighted by atomic mass is 9.74. The predicted octanol–water partition coefficient (Wildman–Crippen LogP) is 2.25. The first-order valence-electron chi connectivity index (χ1n) is 6.14. The molecule has 0 bridgehead atoms. The number of carbonyl (C=O) groups is 1. The topological polar surface area (TPSA) is 81.1 Å². The monoisotopic (exact) mass is 251 g/mol. The lowest BCUT2D eigenvalue weighted by Gasteiger charge is -2.43. The summed E-state index contributed by atoms with van der Waals surface area (Å²) in [6.45, 7) is 2.07. The highest BCUT2D eigenvalue weighted by Crippen LogP contribution is 2.39. The van der Waals surface area contributed by atoms with E-state index < -0.39 is 11.7 Å². The maximum absolute atomic E-state index is 13.8. The molecule has 5 N–H and O–H groups in total. The lowest BCUT2D eigenvalue weighted by Crippen LogP contribution is -2.44. The number of halogens is 1. The molecule has 5 heteroatoms. The fourth-order valence-electron chi connectivity index (χ4n) is 2.35. The molecule has 1 fully saturated rings. The number of benzene rings is 1. The quantitative estimate of drug-likeness (QED) is 0.718. The van der Waals surface area contributed by atoms with Crippen molar-refractivity contribution in [3.05, 3.63) is 23.5 Å². The molecule has 1 saturated carbocycles. The molecule has 0 radical (unpaired) electrons. The van der Waals surface area contributed by atoms with E-state index in [1.807, 2.05) is 0 Å². The van der Waals surface area contributed by atoms with E-state index >= 15 is 0 Å². The van der Waals surface area contributed by atoms with Crippen molar-refractivity contribution < 1.29 is 9.18 Å². The van der Waals surface area contributed by atoms with Gasteiger partial charge in [-0.15, -0.1) is 0 Å². The van der Waals surface area contributed by atoms with Gasteiger partial charge in [0, 0.05) is 11.2 Å². The maximum atomic E-state index is 13.8. The standard InChI is InChI=1S/C13H18FN3O/c1-2-13(4-3-5-13)17-11-6-8(12(16)18)10(15)7-9(11)14/h6-7,17H,2-5,15H2,1H3,(H2,16,18). The van der Waals surface area contributed by atoms with Crippen LogP contribution in [0.2, 0.25) is 0 Å². The van der Waals surface area contributed by atoms with Crippen LogP contribution in [0.15, 0.2) is 12.1 Å². The minimum atomic E-state index is -0.644. The number of nitrogens with two attached hydrogens (primary N) is 2. The van der Waals surface area contributed by atoms with Crippen LogP contribution < -0.4 is 16.8 Å². The van der Waals surface area contributed by atoms with Gasteiger partial charge < -0.3 is 16.8 Å². The Bertz CT molecular complexity index is 478. The summed E-state index contributed by atoms with van der Waals surface area (Å²) in [7, 11) is 0. The normalized spacial score (nSPS) is 17.0. The van der Waals surface area contributed by atoms with Crippen molar-refractivity contribution in [3.8, 4) is 0 Å². The summed E-state index contributed by atoms with van der Waals surface area (Å²) in [6, 6.07) is 2.55. The van der Waals surface area contributed by atoms with Crippen LogP contribution in [0.4, 0.5) is 15.8 Å². The van der Waals surface area contributed by atoms with Crippen molar-refractivity contribution in [2.24, 2.45) is 5.73 Å². The Balaban J connectivity index is 2.32. The van der Waals surface area contributed by atoms with Gasteiger partial charge in [-0.3, -0.25) is 4.79 Å². The first-order chi connectivity index (χ1) is 8.47. The average molecular weight is 251 g/mol. The van der Waals surface area contributed by atoms with Gasteiger partial charge in [0.2, 0.25) is 0 Å². The summed E-state index contributed by atoms with van der Waals surface area (Å²) in [5, 5.41) is 3.19. The van der Waals surface area contributed by atoms with E-state index in [0.717, 1.165) is 31.7 Å². The van der Waals surface area contributed by atoms with Gasteiger partial charge in [0.25, 0.3) is 5.91 Å². The highest BCUT2D eigenvalue weighted by Gasteiger charge is 2.35. The molecule has 1 aromatic rings. The molecule has 1 aliphatic rings. The molecule has 1 aliphatic carbocycles. The molecule has 18 heavy (non-hydrogen) atoms. The molecular weight excluding hydrogens is 233 g/mol. The van der Waals surface area contributed by atoms with Crippen LogP contribution in [-0.2, 0) is 0 Å². The highest BCUT2D eigenvalue weighted by atomic mass is 19.1. The smallest absolute Gasteiger partial charge is 0.250 e. The van der Waals surface area contributed by atoms with Crippen molar-refractivity contribution in [2.75, 3.05) is 11.1 Å². The molecule has 0 heterocycles. The Morgan fingerprint density at radius 3 is 2.61 bits per heavy atom. The number of hydrogen-bond donors (Lipinski definition) is 3. The number of nitrogen functional groups attached to an aromatic ring is 1. The van der Waals surface area contributed by atoms with Gasteiger partial charge in [-0.05, 0) is 37.8 Å². The Morgan fingerprint density at radius 1 is 1.50 bits per heavy atom. The second kappa shape index (κ2) is 4.48. The third-order valence-corrected chi connectivity index (χ3v) is 3.79. The molecule has 0 unspecified atom stereocenters. The lowest BCUT2D eigenvalue weighted by molar-refractivity contribution is 0.100. The van der Waals surface area contributed by atoms with Crippen molar-refractivity contribution in [1.82, 2.24) is 0 Å². The molecule has 98 valence electrons. The molecule has 2 rings (SSSR count). The van der Waals surface area contributed by atoms with Crippen molar-refractivity contribution in [2.45, 2.75) is 38.1 Å². The largest absolute Gasteiger partial charge is 0.398 e. The zero-order valence-electron chi connectivity index (χ0n) is 10.4. The third-order valence-electron chi connectivity index (χ3n) is 3.79. The van der Waals surface area contributed by atoms with Crippen LogP contribution in [0.5, 0.6) is 0 Å². The number of anilines is 2. The van der Waals surface area contributed by atoms with Crippen molar-refractivity contribution in [1.29, 1.82) is 0 Å². The summed E-state index contributed by atoms with van der Waals surface area (Å²) in [5.41, 5.74) is 11.3. The minimum absolute atomic E-state index is 0.0497. The third kappa shape index (κ3) is 2.12. The number of hydrogen-bond acceptors (Lipinski definition) is 3. The zero-order chi connectivity index (χ0) is 13.3. The van der Waals surface area contributed by atoms with Gasteiger partial charge in [0.1, 0.15) is 5.82 Å². The second-order valence-electron chi connectivity index (χ2n) is 4.90. The van der Waals surface area contributed by atoms with E-state index in [9.17, 15) is 9.18 Å². The van der Waals surface area contributed by atoms with E-state index in [1.165, 1.54) is 6.07 Å². The number of carbonyl (C=O) groups excluding carboxylic acids is 1. The summed E-state index contributed by atoms with van der Waals surface area (Å²) in [6.07, 6.45) is 4.08. The molecule has 1 amide bonds. The summed E-state index contributed by atoms with van der Waals surface area (Å²) in [5.74, 6) is -1.09. The van der Waals surface area contributed by atoms with Gasteiger partial charge in [-0.1, -0.05) is 6.92 Å². The summed E-state index contributed by atoms with van der Waals surface area (Å²) in [4.78, 5) is 11.2. The van der Waals surface area contributed by atoms with Gasteiger partial charge >= 0.3 is 0 Å². The van der Waals surface area contributed by atoms with Crippen LogP contribution in [0, 0.1) is 5.82 Å². The van der Waals surface area contributed by atoms with Crippen molar-refractivity contribution >= 4 is 17.3 Å². The first-order valence-corrected chi connectivity index (χ1v) is 6.14. The van der Waals surface area contributed by atoms with E-state index in [-0.39, 0.29) is 16.8 Å². The van der Waals surface area contributed by atoms with Gasteiger partial charge in [-0.2, -0.15) is 0 Å². The van der Waals surface area contributed by atoms with Crippen molar-refractivity contribution in [3.63, 3.8) is 0 Å². The van der Waals surface area contributed by atoms with E-state index in [4.69, 9.17) is 11.5 Å². The maximum Gasteiger partial charge on any atom is 0.250 e. The first kappa shape index (κ1) is 12.7. The van der Waals surface area contributed by atoms with Gasteiger partial charge in [-0.25, -0.2) is 4.39 Å². The highest BCUT2D eigenvalue weighted by molar-refractivity contribution is 5.99. The van der Waals surface area contributed by atoms with E-state index in [1.54, 1.807) is 0 Å². The zero-order valence-corrected chi connectivity index (χ0v) is 10.4. The van der Waals surface area contributed by atoms with Crippen LogP contribution in [0.3, 0.4) is 0 Å². The Hall–Kier alpha value is -1.78. The Labute approximate surface area is 106 Å². The SMILES string of the molecule is CCC1(Nc2cc(C(N)=O)c(N)cc2F)CCC1. The number of amides is 1. The van der Waals surface area contributed by atoms with Gasteiger partial charge in [0.15, 0.2) is 0 Å². The van der Waals surface area contributed by atoms with Crippen LogP contribution in [0.25, 0.3) is 0 Å². The molecule has 0 aromatic heterocycles. The molecule has 4 nitrogen and oxygen atoms in total. The number of nitrogens with one attached hydrogen (secondary N) is 1. The Kier molecular flexibility index (Phi) is 3.15. The fraction of sp³-hybridized carbons (Fsp3) is 0.462.